The molecule has 2 N–H and O–H groups in total. The van der Waals surface area contributed by atoms with Crippen molar-refractivity contribution in [2.24, 2.45) is 5.73 Å². The molecule has 17 heavy (non-hydrogen) atoms. The molecule has 0 aromatic carbocycles. The van der Waals surface area contributed by atoms with Crippen molar-refractivity contribution in [1.29, 1.82) is 0 Å². The molecule has 0 aliphatic carbocycles. The van der Waals surface area contributed by atoms with E-state index in [1.54, 1.807) is 11.3 Å². The van der Waals surface area contributed by atoms with Crippen molar-refractivity contribution in [3.63, 3.8) is 0 Å². The third kappa shape index (κ3) is 3.15. The van der Waals surface area contributed by atoms with Crippen LogP contribution in [0.3, 0.4) is 0 Å². The monoisotopic (exact) mass is 310 g/mol. The first kappa shape index (κ1) is 12.7. The smallest absolute Gasteiger partial charge is 0.0701 e. The first-order valence-electron chi connectivity index (χ1n) is 5.63. The molecule has 0 radical (unpaired) electrons. The summed E-state index contributed by atoms with van der Waals surface area (Å²) < 4.78 is 1.16. The number of nitrogens with zero attached hydrogens (tertiary/aromatic N) is 1. The minimum absolute atomic E-state index is 0.0542. The number of aryl methyl sites for hydroxylation is 1. The lowest BCUT2D eigenvalue weighted by Gasteiger charge is -2.14. The molecule has 0 spiro atoms. The van der Waals surface area contributed by atoms with Gasteiger partial charge in [0.1, 0.15) is 0 Å². The van der Waals surface area contributed by atoms with Crippen molar-refractivity contribution in [1.82, 2.24) is 4.98 Å². The Hall–Kier alpha value is -0.710. The van der Waals surface area contributed by atoms with Gasteiger partial charge in [0, 0.05) is 29.7 Å². The summed E-state index contributed by atoms with van der Waals surface area (Å²) in [5.74, 6) is 0. The molecule has 2 aromatic heterocycles. The van der Waals surface area contributed by atoms with Gasteiger partial charge in [-0.25, -0.2) is 0 Å². The average molecular weight is 311 g/mol. The Kier molecular flexibility index (Phi) is 4.31. The summed E-state index contributed by atoms with van der Waals surface area (Å²) in [7, 11) is 0. The largest absolute Gasteiger partial charge is 0.324 e. The Morgan fingerprint density at radius 3 is 2.88 bits per heavy atom. The summed E-state index contributed by atoms with van der Waals surface area (Å²) >= 11 is 5.22. The predicted molar refractivity (Wildman–Crippen MR) is 76.3 cm³/mol. The number of pyridine rings is 1. The third-order valence-electron chi connectivity index (χ3n) is 2.77. The van der Waals surface area contributed by atoms with Crippen LogP contribution in [-0.4, -0.2) is 4.98 Å². The summed E-state index contributed by atoms with van der Waals surface area (Å²) in [5, 5.41) is 0. The Morgan fingerprint density at radius 2 is 2.24 bits per heavy atom. The molecular formula is C13H15BrN2S. The van der Waals surface area contributed by atoms with Crippen LogP contribution in [0.2, 0.25) is 0 Å². The number of thiophene rings is 1. The molecular weight excluding hydrogens is 296 g/mol. The summed E-state index contributed by atoms with van der Waals surface area (Å²) in [6.07, 6.45) is 5.59. The van der Waals surface area contributed by atoms with E-state index in [2.05, 4.69) is 40.0 Å². The number of hydrogen-bond donors (Lipinski definition) is 1. The Balaban J connectivity index is 2.16. The minimum Gasteiger partial charge on any atom is -0.324 e. The van der Waals surface area contributed by atoms with E-state index < -0.39 is 0 Å². The number of hydrogen-bond acceptors (Lipinski definition) is 3. The van der Waals surface area contributed by atoms with Gasteiger partial charge in [0.05, 0.1) is 3.79 Å². The van der Waals surface area contributed by atoms with E-state index in [-0.39, 0.29) is 6.04 Å². The fraction of sp³-hybridized carbons (Fsp3) is 0.308. The van der Waals surface area contributed by atoms with Crippen LogP contribution in [0, 0.1) is 0 Å². The molecule has 1 unspecified atom stereocenters. The van der Waals surface area contributed by atoms with Crippen LogP contribution in [0.1, 0.15) is 29.0 Å². The van der Waals surface area contributed by atoms with E-state index >= 15 is 0 Å². The second-order valence-electron chi connectivity index (χ2n) is 3.94. The maximum atomic E-state index is 6.28. The van der Waals surface area contributed by atoms with Gasteiger partial charge in [-0.15, -0.1) is 11.3 Å². The van der Waals surface area contributed by atoms with Crippen LogP contribution in [-0.2, 0) is 12.8 Å². The van der Waals surface area contributed by atoms with Crippen LogP contribution in [0.15, 0.2) is 34.4 Å². The number of rotatable bonds is 4. The van der Waals surface area contributed by atoms with E-state index in [9.17, 15) is 0 Å². The van der Waals surface area contributed by atoms with Crippen LogP contribution in [0.4, 0.5) is 0 Å². The zero-order valence-corrected chi connectivity index (χ0v) is 12.1. The van der Waals surface area contributed by atoms with Gasteiger partial charge in [0.15, 0.2) is 0 Å². The van der Waals surface area contributed by atoms with E-state index in [1.807, 2.05) is 18.5 Å². The molecule has 4 heteroatoms. The summed E-state index contributed by atoms with van der Waals surface area (Å²) in [4.78, 5) is 5.46. The van der Waals surface area contributed by atoms with Gasteiger partial charge in [-0.3, -0.25) is 4.98 Å². The van der Waals surface area contributed by atoms with Gasteiger partial charge in [0.25, 0.3) is 0 Å². The molecule has 0 saturated carbocycles. The quantitative estimate of drug-likeness (QED) is 0.935. The Bertz CT molecular complexity index is 496. The molecule has 2 rings (SSSR count). The lowest BCUT2D eigenvalue weighted by Crippen LogP contribution is -2.15. The topological polar surface area (TPSA) is 38.9 Å². The molecule has 2 nitrogen and oxygen atoms in total. The van der Waals surface area contributed by atoms with Gasteiger partial charge in [-0.05, 0) is 51.7 Å². The van der Waals surface area contributed by atoms with E-state index in [0.29, 0.717) is 0 Å². The SMILES string of the molecule is CCc1cnccc1C(N)Cc1ccc(Br)s1. The molecule has 0 fully saturated rings. The van der Waals surface area contributed by atoms with Crippen molar-refractivity contribution in [2.45, 2.75) is 25.8 Å². The molecule has 0 bridgehead atoms. The Labute approximate surface area is 114 Å². The van der Waals surface area contributed by atoms with Crippen LogP contribution in [0.5, 0.6) is 0 Å². The highest BCUT2D eigenvalue weighted by atomic mass is 79.9. The third-order valence-corrected chi connectivity index (χ3v) is 4.42. The minimum atomic E-state index is 0.0542. The van der Waals surface area contributed by atoms with Crippen molar-refractivity contribution in [3.05, 3.63) is 50.4 Å². The Morgan fingerprint density at radius 1 is 1.41 bits per heavy atom. The fourth-order valence-electron chi connectivity index (χ4n) is 1.88. The first-order chi connectivity index (χ1) is 8.20. The normalized spacial score (nSPS) is 12.6. The van der Waals surface area contributed by atoms with Crippen LogP contribution in [0.25, 0.3) is 0 Å². The van der Waals surface area contributed by atoms with Crippen LogP contribution >= 0.6 is 27.3 Å². The average Bonchev–Trinajstić information content (AvgIpc) is 2.74. The maximum Gasteiger partial charge on any atom is 0.0701 e. The molecule has 2 aromatic rings. The zero-order valence-electron chi connectivity index (χ0n) is 9.69. The predicted octanol–water partition coefficient (Wildman–Crippen LogP) is 3.71. The van der Waals surface area contributed by atoms with Gasteiger partial charge >= 0.3 is 0 Å². The molecule has 1 atom stereocenters. The number of halogens is 1. The number of aromatic nitrogens is 1. The second kappa shape index (κ2) is 5.76. The van der Waals surface area contributed by atoms with Gasteiger partial charge in [0.2, 0.25) is 0 Å². The zero-order chi connectivity index (χ0) is 12.3. The molecule has 0 aliphatic rings. The number of nitrogens with two attached hydrogens (primary N) is 1. The fourth-order valence-corrected chi connectivity index (χ4v) is 3.42. The van der Waals surface area contributed by atoms with Crippen molar-refractivity contribution in [3.8, 4) is 0 Å². The van der Waals surface area contributed by atoms with Gasteiger partial charge in [-0.1, -0.05) is 6.92 Å². The van der Waals surface area contributed by atoms with Gasteiger partial charge < -0.3 is 5.73 Å². The van der Waals surface area contributed by atoms with Crippen LogP contribution < -0.4 is 5.73 Å². The molecule has 0 amide bonds. The van der Waals surface area contributed by atoms with E-state index in [1.165, 1.54) is 16.0 Å². The lowest BCUT2D eigenvalue weighted by atomic mass is 9.99. The molecule has 0 aliphatic heterocycles. The summed E-state index contributed by atoms with van der Waals surface area (Å²) in [6.45, 7) is 2.13. The second-order valence-corrected chi connectivity index (χ2v) is 6.49. The lowest BCUT2D eigenvalue weighted by molar-refractivity contribution is 0.717. The highest BCUT2D eigenvalue weighted by Crippen LogP contribution is 2.27. The van der Waals surface area contributed by atoms with Crippen molar-refractivity contribution < 1.29 is 0 Å². The molecule has 2 heterocycles. The summed E-state index contributed by atoms with van der Waals surface area (Å²) in [6, 6.07) is 6.28. The standard InChI is InChI=1S/C13H15BrN2S/c1-2-9-8-16-6-5-11(9)12(15)7-10-3-4-13(14)17-10/h3-6,8,12H,2,7,15H2,1H3. The van der Waals surface area contributed by atoms with E-state index in [0.717, 1.165) is 16.6 Å². The molecule has 0 saturated heterocycles. The van der Waals surface area contributed by atoms with Crippen molar-refractivity contribution in [2.75, 3.05) is 0 Å². The van der Waals surface area contributed by atoms with Crippen molar-refractivity contribution >= 4 is 27.3 Å². The summed E-state index contributed by atoms with van der Waals surface area (Å²) in [5.41, 5.74) is 8.74. The maximum absolute atomic E-state index is 6.28. The highest BCUT2D eigenvalue weighted by molar-refractivity contribution is 9.11. The highest BCUT2D eigenvalue weighted by Gasteiger charge is 2.11. The van der Waals surface area contributed by atoms with Gasteiger partial charge in [-0.2, -0.15) is 0 Å². The molecule has 90 valence electrons. The first-order valence-corrected chi connectivity index (χ1v) is 7.24. The van der Waals surface area contributed by atoms with E-state index in [4.69, 9.17) is 5.73 Å².